The van der Waals surface area contributed by atoms with Gasteiger partial charge in [-0.15, -0.1) is 0 Å². The van der Waals surface area contributed by atoms with E-state index in [1.165, 1.54) is 28.3 Å². The monoisotopic (exact) mass is 551 g/mol. The molecule has 1 amide bonds. The lowest BCUT2D eigenvalue weighted by Crippen LogP contribution is -2.22. The number of pyridine rings is 1. The molecule has 2 heterocycles. The van der Waals surface area contributed by atoms with Gasteiger partial charge >= 0.3 is 5.97 Å². The quantitative estimate of drug-likeness (QED) is 0.290. The number of amides is 1. The number of aromatic nitrogens is 1. The van der Waals surface area contributed by atoms with Crippen molar-refractivity contribution in [2.24, 2.45) is 4.99 Å². The molecule has 39 heavy (non-hydrogen) atoms. The van der Waals surface area contributed by atoms with Gasteiger partial charge in [-0.1, -0.05) is 11.6 Å². The largest absolute Gasteiger partial charge is 0.497 e. The highest BCUT2D eigenvalue weighted by Gasteiger charge is 2.19. The minimum atomic E-state index is -0.531. The molecule has 0 unspecified atom stereocenters. The number of carbonyl (C=O) groups excluding carboxylic acids is 2. The van der Waals surface area contributed by atoms with Crippen molar-refractivity contribution in [3.8, 4) is 17.2 Å². The Morgan fingerprint density at radius 2 is 1.79 bits per heavy atom. The molecule has 4 aromatic rings. The Balaban J connectivity index is 1.94. The molecule has 1 N–H and O–H groups in total. The summed E-state index contributed by atoms with van der Waals surface area (Å²) in [6.45, 7) is 3.01. The maximum atomic E-state index is 13.7. The standard InChI is InChI=1S/C28H26ClN3O7/c1-15-26-20(17(13-30-15)14-38-16(2)33)12-21(27(34)31-22-8-7-19(35-3)11-25(22)37-5)28(39-26)32-23-10-18(29)6-9-24(23)36-4/h6-13H,14H2,1-5H3,(H,31,34). The van der Waals surface area contributed by atoms with Crippen molar-refractivity contribution in [1.82, 2.24) is 4.98 Å². The molecular weight excluding hydrogens is 526 g/mol. The maximum absolute atomic E-state index is 13.7. The van der Waals surface area contributed by atoms with Crippen LogP contribution in [-0.2, 0) is 16.1 Å². The van der Waals surface area contributed by atoms with E-state index in [1.54, 1.807) is 55.6 Å². The average molecular weight is 552 g/mol. The van der Waals surface area contributed by atoms with Gasteiger partial charge in [0.05, 0.1) is 32.7 Å². The second-order valence-electron chi connectivity index (χ2n) is 8.31. The first kappa shape index (κ1) is 27.5. The highest BCUT2D eigenvalue weighted by atomic mass is 35.5. The molecule has 0 atom stereocenters. The summed E-state index contributed by atoms with van der Waals surface area (Å²) in [4.78, 5) is 34.1. The van der Waals surface area contributed by atoms with E-state index in [9.17, 15) is 9.59 Å². The number of nitrogens with one attached hydrogen (secondary N) is 1. The second kappa shape index (κ2) is 11.9. The van der Waals surface area contributed by atoms with Gasteiger partial charge in [-0.3, -0.25) is 14.6 Å². The van der Waals surface area contributed by atoms with Gasteiger partial charge < -0.3 is 28.7 Å². The number of fused-ring (bicyclic) bond motifs is 1. The summed E-state index contributed by atoms with van der Waals surface area (Å²) in [5.41, 5.74) is 2.32. The van der Waals surface area contributed by atoms with Crippen molar-refractivity contribution in [2.45, 2.75) is 20.5 Å². The van der Waals surface area contributed by atoms with Crippen LogP contribution in [0.15, 0.2) is 58.1 Å². The van der Waals surface area contributed by atoms with Crippen molar-refractivity contribution in [1.29, 1.82) is 0 Å². The molecule has 2 aromatic carbocycles. The Labute approximate surface area is 229 Å². The Morgan fingerprint density at radius 1 is 1.03 bits per heavy atom. The highest BCUT2D eigenvalue weighted by Crippen LogP contribution is 2.32. The number of hydrogen-bond donors (Lipinski definition) is 1. The van der Waals surface area contributed by atoms with Crippen LogP contribution in [0.5, 0.6) is 17.2 Å². The van der Waals surface area contributed by atoms with Crippen molar-refractivity contribution in [3.05, 3.63) is 76.1 Å². The summed E-state index contributed by atoms with van der Waals surface area (Å²) in [7, 11) is 4.52. The maximum Gasteiger partial charge on any atom is 0.302 e. The molecule has 2 aromatic heterocycles. The molecule has 0 aliphatic carbocycles. The van der Waals surface area contributed by atoms with E-state index in [0.29, 0.717) is 55.9 Å². The first-order valence-electron chi connectivity index (χ1n) is 11.7. The predicted molar refractivity (Wildman–Crippen MR) is 145 cm³/mol. The minimum Gasteiger partial charge on any atom is -0.497 e. The lowest BCUT2D eigenvalue weighted by atomic mass is 10.1. The van der Waals surface area contributed by atoms with Crippen LogP contribution in [0, 0.1) is 6.92 Å². The summed E-state index contributed by atoms with van der Waals surface area (Å²) < 4.78 is 27.5. The number of carbonyl (C=O) groups is 2. The zero-order chi connectivity index (χ0) is 28.1. The minimum absolute atomic E-state index is 0.0115. The summed E-state index contributed by atoms with van der Waals surface area (Å²) in [6, 6.07) is 11.5. The van der Waals surface area contributed by atoms with Crippen molar-refractivity contribution in [2.75, 3.05) is 26.6 Å². The Hall–Kier alpha value is -4.57. The molecule has 4 rings (SSSR count). The van der Waals surface area contributed by atoms with Crippen molar-refractivity contribution < 1.29 is 33.0 Å². The first-order valence-corrected chi connectivity index (χ1v) is 12.1. The predicted octanol–water partition coefficient (Wildman–Crippen LogP) is 5.36. The fourth-order valence-corrected chi connectivity index (χ4v) is 3.95. The van der Waals surface area contributed by atoms with Crippen LogP contribution in [0.4, 0.5) is 11.4 Å². The molecule has 0 saturated heterocycles. The topological polar surface area (TPSA) is 121 Å². The molecule has 0 aliphatic rings. The van der Waals surface area contributed by atoms with Gasteiger partial charge in [-0.25, -0.2) is 4.99 Å². The second-order valence-corrected chi connectivity index (χ2v) is 8.74. The van der Waals surface area contributed by atoms with Crippen LogP contribution in [-0.4, -0.2) is 38.2 Å². The Morgan fingerprint density at radius 3 is 2.49 bits per heavy atom. The summed E-state index contributed by atoms with van der Waals surface area (Å²) >= 11 is 6.21. The molecule has 11 heteroatoms. The van der Waals surface area contributed by atoms with Crippen molar-refractivity contribution >= 4 is 45.8 Å². The van der Waals surface area contributed by atoms with E-state index in [1.807, 2.05) is 0 Å². The summed E-state index contributed by atoms with van der Waals surface area (Å²) in [6.07, 6.45) is 1.57. The van der Waals surface area contributed by atoms with Crippen LogP contribution < -0.4 is 25.1 Å². The summed E-state index contributed by atoms with van der Waals surface area (Å²) in [5, 5.41) is 3.80. The molecule has 10 nitrogen and oxygen atoms in total. The number of anilines is 1. The number of halogens is 1. The Bertz CT molecular complexity index is 1630. The number of nitrogens with zero attached hydrogens (tertiary/aromatic N) is 2. The number of aryl methyl sites for hydroxylation is 1. The smallest absolute Gasteiger partial charge is 0.302 e. The van der Waals surface area contributed by atoms with Gasteiger partial charge in [0.15, 0.2) is 5.58 Å². The van der Waals surface area contributed by atoms with Crippen molar-refractivity contribution in [3.63, 3.8) is 0 Å². The van der Waals surface area contributed by atoms with Crippen LogP contribution >= 0.6 is 11.6 Å². The van der Waals surface area contributed by atoms with Crippen LogP contribution in [0.1, 0.15) is 28.5 Å². The van der Waals surface area contributed by atoms with Crippen LogP contribution in [0.2, 0.25) is 5.02 Å². The molecule has 0 bridgehead atoms. The molecule has 0 spiro atoms. The zero-order valence-electron chi connectivity index (χ0n) is 22.0. The van der Waals surface area contributed by atoms with Crippen LogP contribution in [0.3, 0.4) is 0 Å². The van der Waals surface area contributed by atoms with Gasteiger partial charge in [-0.2, -0.15) is 0 Å². The van der Waals surface area contributed by atoms with Gasteiger partial charge in [0, 0.05) is 35.2 Å². The normalized spacial score (nSPS) is 11.3. The molecular formula is C28H26ClN3O7. The number of benzene rings is 2. The molecule has 0 fully saturated rings. The third kappa shape index (κ3) is 6.12. The third-order valence-electron chi connectivity index (χ3n) is 5.75. The lowest BCUT2D eigenvalue weighted by Gasteiger charge is -2.13. The highest BCUT2D eigenvalue weighted by molar-refractivity contribution is 6.30. The first-order chi connectivity index (χ1) is 18.7. The molecule has 0 saturated carbocycles. The Kier molecular flexibility index (Phi) is 8.36. The van der Waals surface area contributed by atoms with E-state index in [-0.39, 0.29) is 17.7 Å². The number of hydrogen-bond acceptors (Lipinski definition) is 9. The molecule has 0 radical (unpaired) electrons. The van der Waals surface area contributed by atoms with Crippen LogP contribution in [0.25, 0.3) is 11.0 Å². The third-order valence-corrected chi connectivity index (χ3v) is 5.98. The molecule has 0 aliphatic heterocycles. The fourth-order valence-electron chi connectivity index (χ4n) is 3.78. The average Bonchev–Trinajstić information content (AvgIpc) is 2.92. The van der Waals surface area contributed by atoms with E-state index in [0.717, 1.165) is 0 Å². The number of esters is 1. The zero-order valence-corrected chi connectivity index (χ0v) is 22.7. The van der Waals surface area contributed by atoms with E-state index < -0.39 is 11.9 Å². The van der Waals surface area contributed by atoms with E-state index in [4.69, 9.17) is 35.0 Å². The van der Waals surface area contributed by atoms with E-state index in [2.05, 4.69) is 15.3 Å². The van der Waals surface area contributed by atoms with Gasteiger partial charge in [0.2, 0.25) is 5.55 Å². The number of rotatable bonds is 8. The SMILES string of the molecule is COc1ccc(NC(=O)c2cc3c(COC(C)=O)cnc(C)c3oc2=Nc2cc(Cl)ccc2OC)c(OC)c1. The van der Waals surface area contributed by atoms with Gasteiger partial charge in [0.25, 0.3) is 5.91 Å². The van der Waals surface area contributed by atoms with E-state index >= 15 is 0 Å². The molecule has 202 valence electrons. The lowest BCUT2D eigenvalue weighted by molar-refractivity contribution is -0.142. The van der Waals surface area contributed by atoms with Gasteiger partial charge in [0.1, 0.15) is 35.1 Å². The number of methoxy groups -OCH3 is 3. The fraction of sp³-hybridized carbons (Fsp3) is 0.214. The summed E-state index contributed by atoms with van der Waals surface area (Å²) in [5.74, 6) is 0.399. The number of ether oxygens (including phenoxy) is 4. The van der Waals surface area contributed by atoms with Gasteiger partial charge in [-0.05, 0) is 43.3 Å².